The summed E-state index contributed by atoms with van der Waals surface area (Å²) in [5, 5.41) is 12.1. The topological polar surface area (TPSA) is 62.1 Å². The Balaban J connectivity index is 2.44. The maximum atomic E-state index is 12.0. The molecule has 0 heterocycles. The van der Waals surface area contributed by atoms with E-state index in [9.17, 15) is 10.1 Å². The normalized spacial score (nSPS) is 19.8. The number of hydrogen-bond donors (Lipinski definition) is 1. The van der Waals surface area contributed by atoms with Gasteiger partial charge in [-0.3, -0.25) is 4.79 Å². The van der Waals surface area contributed by atoms with Gasteiger partial charge in [0.15, 0.2) is 0 Å². The molecule has 0 spiro atoms. The lowest BCUT2D eigenvalue weighted by atomic mass is 9.83. The van der Waals surface area contributed by atoms with E-state index in [4.69, 9.17) is 4.74 Å². The molecule has 0 aromatic carbocycles. The Labute approximate surface area is 113 Å². The van der Waals surface area contributed by atoms with Crippen molar-refractivity contribution in [3.8, 4) is 6.07 Å². The Hall–Kier alpha value is -0.730. The molecule has 1 N–H and O–H groups in total. The summed E-state index contributed by atoms with van der Waals surface area (Å²) >= 11 is 1.56. The maximum absolute atomic E-state index is 12.0. The minimum atomic E-state index is -0.620. The molecule has 1 amide bonds. The van der Waals surface area contributed by atoms with Crippen LogP contribution in [0.1, 0.15) is 39.0 Å². The highest BCUT2D eigenvalue weighted by molar-refractivity contribution is 8.00. The molecule has 102 valence electrons. The first-order valence-electron chi connectivity index (χ1n) is 6.47. The second kappa shape index (κ2) is 7.65. The number of rotatable bonds is 6. The van der Waals surface area contributed by atoms with Crippen LogP contribution in [0.15, 0.2) is 0 Å². The standard InChI is InChI=1S/C13H22N2O2S/c1-11(18-9-8-17-2)12(16)15-13(10-14)6-4-3-5-7-13/h11H,3-9H2,1-2H3,(H,15,16)/t11-/m1/s1. The highest BCUT2D eigenvalue weighted by Crippen LogP contribution is 2.28. The van der Waals surface area contributed by atoms with Gasteiger partial charge in [-0.1, -0.05) is 19.3 Å². The van der Waals surface area contributed by atoms with Gasteiger partial charge >= 0.3 is 0 Å². The quantitative estimate of drug-likeness (QED) is 0.751. The molecule has 1 aliphatic rings. The number of methoxy groups -OCH3 is 1. The zero-order valence-corrected chi connectivity index (χ0v) is 12.0. The predicted molar refractivity (Wildman–Crippen MR) is 73.4 cm³/mol. The number of carbonyl (C=O) groups excluding carboxylic acids is 1. The lowest BCUT2D eigenvalue weighted by molar-refractivity contribution is -0.121. The van der Waals surface area contributed by atoms with Gasteiger partial charge in [-0.25, -0.2) is 0 Å². The number of amides is 1. The number of nitrogens with one attached hydrogen (secondary N) is 1. The molecule has 0 bridgehead atoms. The molecule has 0 aromatic rings. The third-order valence-electron chi connectivity index (χ3n) is 3.31. The summed E-state index contributed by atoms with van der Waals surface area (Å²) in [5.74, 6) is 0.768. The summed E-state index contributed by atoms with van der Waals surface area (Å²) in [6, 6.07) is 2.30. The first-order chi connectivity index (χ1) is 8.63. The SMILES string of the molecule is COCCS[C@H](C)C(=O)NC1(C#N)CCCCC1. The molecule has 0 saturated heterocycles. The van der Waals surface area contributed by atoms with Crippen molar-refractivity contribution in [1.29, 1.82) is 5.26 Å². The number of thioether (sulfide) groups is 1. The summed E-state index contributed by atoms with van der Waals surface area (Å²) < 4.78 is 4.96. The average Bonchev–Trinajstić information content (AvgIpc) is 2.40. The van der Waals surface area contributed by atoms with Gasteiger partial charge in [0.05, 0.1) is 17.9 Å². The molecule has 1 aliphatic carbocycles. The van der Waals surface area contributed by atoms with Crippen LogP contribution in [-0.4, -0.2) is 36.2 Å². The van der Waals surface area contributed by atoms with Gasteiger partial charge in [-0.05, 0) is 19.8 Å². The molecule has 1 fully saturated rings. The highest BCUT2D eigenvalue weighted by Gasteiger charge is 2.34. The Kier molecular flexibility index (Phi) is 6.51. The molecule has 1 saturated carbocycles. The van der Waals surface area contributed by atoms with Crippen LogP contribution in [0.3, 0.4) is 0 Å². The fraction of sp³-hybridized carbons (Fsp3) is 0.846. The fourth-order valence-corrected chi connectivity index (χ4v) is 2.97. The van der Waals surface area contributed by atoms with Crippen LogP contribution in [-0.2, 0) is 9.53 Å². The van der Waals surface area contributed by atoms with Crippen LogP contribution in [0, 0.1) is 11.3 Å². The lowest BCUT2D eigenvalue weighted by Gasteiger charge is -2.32. The smallest absolute Gasteiger partial charge is 0.234 e. The number of carbonyl (C=O) groups is 1. The molecule has 4 nitrogen and oxygen atoms in total. The van der Waals surface area contributed by atoms with Gasteiger partial charge in [0, 0.05) is 12.9 Å². The van der Waals surface area contributed by atoms with Crippen LogP contribution >= 0.6 is 11.8 Å². The predicted octanol–water partition coefficient (Wildman–Crippen LogP) is 2.10. The summed E-state index contributed by atoms with van der Waals surface area (Å²) in [7, 11) is 1.65. The number of nitrogens with zero attached hydrogens (tertiary/aromatic N) is 1. The largest absolute Gasteiger partial charge is 0.384 e. The highest BCUT2D eigenvalue weighted by atomic mass is 32.2. The van der Waals surface area contributed by atoms with E-state index in [1.165, 1.54) is 0 Å². The van der Waals surface area contributed by atoms with E-state index in [2.05, 4.69) is 11.4 Å². The van der Waals surface area contributed by atoms with Gasteiger partial charge in [0.2, 0.25) is 5.91 Å². The third kappa shape index (κ3) is 4.51. The van der Waals surface area contributed by atoms with E-state index >= 15 is 0 Å². The van der Waals surface area contributed by atoms with E-state index in [1.54, 1.807) is 18.9 Å². The molecular weight excluding hydrogens is 248 g/mol. The van der Waals surface area contributed by atoms with Crippen molar-refractivity contribution < 1.29 is 9.53 Å². The van der Waals surface area contributed by atoms with Crippen LogP contribution in [0.25, 0.3) is 0 Å². The van der Waals surface area contributed by atoms with Crippen LogP contribution in [0.4, 0.5) is 0 Å². The third-order valence-corrected chi connectivity index (χ3v) is 4.42. The number of ether oxygens (including phenoxy) is 1. The minimum Gasteiger partial charge on any atom is -0.384 e. The lowest BCUT2D eigenvalue weighted by Crippen LogP contribution is -2.51. The van der Waals surface area contributed by atoms with Crippen molar-refractivity contribution in [1.82, 2.24) is 5.32 Å². The van der Waals surface area contributed by atoms with Crippen molar-refractivity contribution in [3.63, 3.8) is 0 Å². The Morgan fingerprint density at radius 1 is 1.50 bits per heavy atom. The van der Waals surface area contributed by atoms with Crippen molar-refractivity contribution in [3.05, 3.63) is 0 Å². The monoisotopic (exact) mass is 270 g/mol. The molecule has 0 aliphatic heterocycles. The molecule has 0 radical (unpaired) electrons. The first kappa shape index (κ1) is 15.3. The molecule has 1 atom stereocenters. The van der Waals surface area contributed by atoms with E-state index < -0.39 is 5.54 Å². The molecule has 0 aromatic heterocycles. The molecule has 0 unspecified atom stereocenters. The second-order valence-corrected chi connectivity index (χ2v) is 6.20. The van der Waals surface area contributed by atoms with Crippen LogP contribution in [0.5, 0.6) is 0 Å². The fourth-order valence-electron chi connectivity index (χ4n) is 2.14. The van der Waals surface area contributed by atoms with Crippen molar-refractivity contribution in [2.75, 3.05) is 19.5 Å². The van der Waals surface area contributed by atoms with Gasteiger partial charge in [0.25, 0.3) is 0 Å². The van der Waals surface area contributed by atoms with Gasteiger partial charge in [-0.15, -0.1) is 11.8 Å². The van der Waals surface area contributed by atoms with E-state index in [0.29, 0.717) is 6.61 Å². The number of hydrogen-bond acceptors (Lipinski definition) is 4. The zero-order valence-electron chi connectivity index (χ0n) is 11.2. The summed E-state index contributed by atoms with van der Waals surface area (Å²) in [5.41, 5.74) is -0.620. The van der Waals surface area contributed by atoms with Crippen molar-refractivity contribution in [2.45, 2.75) is 49.8 Å². The van der Waals surface area contributed by atoms with Gasteiger partial charge in [0.1, 0.15) is 5.54 Å². The van der Waals surface area contributed by atoms with E-state index in [-0.39, 0.29) is 11.2 Å². The van der Waals surface area contributed by atoms with Gasteiger partial charge in [-0.2, -0.15) is 5.26 Å². The summed E-state index contributed by atoms with van der Waals surface area (Å²) in [6.45, 7) is 2.52. The minimum absolute atomic E-state index is 0.0282. The molecule has 5 heteroatoms. The van der Waals surface area contributed by atoms with Crippen LogP contribution < -0.4 is 5.32 Å². The Morgan fingerprint density at radius 3 is 2.72 bits per heavy atom. The van der Waals surface area contributed by atoms with E-state index in [1.807, 2.05) is 6.92 Å². The second-order valence-electron chi connectivity index (χ2n) is 4.75. The summed E-state index contributed by atoms with van der Waals surface area (Å²) in [6.07, 6.45) is 4.78. The molecule has 1 rings (SSSR count). The van der Waals surface area contributed by atoms with Crippen LogP contribution in [0.2, 0.25) is 0 Å². The van der Waals surface area contributed by atoms with Crippen molar-refractivity contribution >= 4 is 17.7 Å². The molecule has 18 heavy (non-hydrogen) atoms. The van der Waals surface area contributed by atoms with Crippen molar-refractivity contribution in [2.24, 2.45) is 0 Å². The van der Waals surface area contributed by atoms with E-state index in [0.717, 1.165) is 37.9 Å². The average molecular weight is 270 g/mol. The van der Waals surface area contributed by atoms with Gasteiger partial charge < -0.3 is 10.1 Å². The first-order valence-corrected chi connectivity index (χ1v) is 7.52. The Morgan fingerprint density at radius 2 is 2.17 bits per heavy atom. The molecular formula is C13H22N2O2S. The maximum Gasteiger partial charge on any atom is 0.234 e. The number of nitriles is 1. The Bertz CT molecular complexity index is 309. The summed E-state index contributed by atoms with van der Waals surface area (Å²) in [4.78, 5) is 12.0. The zero-order chi connectivity index (χ0) is 13.4.